The maximum atomic E-state index is 13.0. The number of amides is 1. The maximum absolute atomic E-state index is 13.0. The van der Waals surface area contributed by atoms with E-state index in [2.05, 4.69) is 15.4 Å². The number of halogens is 2. The van der Waals surface area contributed by atoms with Crippen molar-refractivity contribution in [2.24, 2.45) is 5.73 Å². The Bertz CT molecular complexity index is 628. The van der Waals surface area contributed by atoms with E-state index in [1.807, 2.05) is 0 Å². The summed E-state index contributed by atoms with van der Waals surface area (Å²) in [5.41, 5.74) is 10.7. The van der Waals surface area contributed by atoms with Crippen molar-refractivity contribution in [3.8, 4) is 5.82 Å². The van der Waals surface area contributed by atoms with Gasteiger partial charge in [-0.3, -0.25) is 4.79 Å². The summed E-state index contributed by atoms with van der Waals surface area (Å²) in [6.45, 7) is -1.72. The molecule has 112 valence electrons. The van der Waals surface area contributed by atoms with Gasteiger partial charge in [0.2, 0.25) is 0 Å². The lowest BCUT2D eigenvalue weighted by atomic mass is 10.3. The molecule has 0 aliphatic rings. The minimum atomic E-state index is -3.17. The number of nitrogens with zero attached hydrogens (tertiary/aromatic N) is 3. The van der Waals surface area contributed by atoms with Gasteiger partial charge in [0.25, 0.3) is 11.8 Å². The van der Waals surface area contributed by atoms with Gasteiger partial charge in [-0.25, -0.2) is 13.8 Å². The second-order valence-corrected chi connectivity index (χ2v) is 4.29. The van der Waals surface area contributed by atoms with E-state index in [1.165, 1.54) is 17.1 Å². The first-order chi connectivity index (χ1) is 9.94. The summed E-state index contributed by atoms with van der Waals surface area (Å²) in [5.74, 6) is -3.48. The number of hydrogen-bond acceptors (Lipinski definition) is 5. The average molecular weight is 296 g/mol. The lowest BCUT2D eigenvalue weighted by Gasteiger charge is -2.14. The number of anilines is 1. The SMILES string of the molecule is NCC(F)(F)CNC(=O)c1cnn(-c2ccccn2)c1N. The number of hydrogen-bond donors (Lipinski definition) is 3. The highest BCUT2D eigenvalue weighted by molar-refractivity contribution is 5.98. The van der Waals surface area contributed by atoms with Crippen molar-refractivity contribution in [2.75, 3.05) is 18.8 Å². The van der Waals surface area contributed by atoms with Crippen LogP contribution in [-0.2, 0) is 0 Å². The molecule has 0 saturated carbocycles. The predicted molar refractivity (Wildman–Crippen MR) is 72.1 cm³/mol. The second kappa shape index (κ2) is 5.83. The largest absolute Gasteiger partial charge is 0.383 e. The number of nitrogens with two attached hydrogens (primary N) is 2. The molecule has 1 amide bonds. The van der Waals surface area contributed by atoms with Crippen molar-refractivity contribution >= 4 is 11.7 Å². The predicted octanol–water partition coefficient (Wildman–Crippen LogP) is 0.173. The van der Waals surface area contributed by atoms with Crippen LogP contribution in [0.1, 0.15) is 10.4 Å². The van der Waals surface area contributed by atoms with Crippen LogP contribution in [0.2, 0.25) is 0 Å². The first kappa shape index (κ1) is 14.9. The quantitative estimate of drug-likeness (QED) is 0.728. The van der Waals surface area contributed by atoms with Crippen LogP contribution >= 0.6 is 0 Å². The highest BCUT2D eigenvalue weighted by Crippen LogP contribution is 2.16. The highest BCUT2D eigenvalue weighted by atomic mass is 19.3. The van der Waals surface area contributed by atoms with Crippen LogP contribution in [0.25, 0.3) is 5.82 Å². The summed E-state index contributed by atoms with van der Waals surface area (Å²) in [6, 6.07) is 5.09. The molecule has 0 saturated heterocycles. The van der Waals surface area contributed by atoms with Crippen LogP contribution in [0.15, 0.2) is 30.6 Å². The molecule has 0 unspecified atom stereocenters. The van der Waals surface area contributed by atoms with Gasteiger partial charge in [0.1, 0.15) is 11.4 Å². The molecular weight excluding hydrogens is 282 g/mol. The summed E-state index contributed by atoms with van der Waals surface area (Å²) in [6.07, 6.45) is 2.73. The van der Waals surface area contributed by atoms with Crippen LogP contribution in [0.5, 0.6) is 0 Å². The van der Waals surface area contributed by atoms with Gasteiger partial charge in [0.15, 0.2) is 5.82 Å². The van der Waals surface area contributed by atoms with Crippen molar-refractivity contribution < 1.29 is 13.6 Å². The van der Waals surface area contributed by atoms with Crippen LogP contribution in [0.3, 0.4) is 0 Å². The van der Waals surface area contributed by atoms with Gasteiger partial charge in [-0.05, 0) is 12.1 Å². The molecule has 2 heterocycles. The van der Waals surface area contributed by atoms with Gasteiger partial charge in [-0.2, -0.15) is 9.78 Å². The fraction of sp³-hybridized carbons (Fsp3) is 0.250. The first-order valence-corrected chi connectivity index (χ1v) is 6.05. The molecule has 0 aliphatic carbocycles. The third-order valence-electron chi connectivity index (χ3n) is 2.72. The maximum Gasteiger partial charge on any atom is 0.277 e. The molecular formula is C12H14F2N6O. The molecule has 0 fully saturated rings. The Morgan fingerprint density at radius 2 is 2.19 bits per heavy atom. The number of aromatic nitrogens is 3. The van der Waals surface area contributed by atoms with Crippen LogP contribution in [0, 0.1) is 0 Å². The summed E-state index contributed by atoms with van der Waals surface area (Å²) in [7, 11) is 0. The molecule has 0 spiro atoms. The van der Waals surface area contributed by atoms with Crippen molar-refractivity contribution in [3.05, 3.63) is 36.2 Å². The number of nitrogens with one attached hydrogen (secondary N) is 1. The van der Waals surface area contributed by atoms with Gasteiger partial charge in [0, 0.05) is 6.20 Å². The fourth-order valence-electron chi connectivity index (χ4n) is 1.57. The van der Waals surface area contributed by atoms with Crippen LogP contribution in [-0.4, -0.2) is 39.7 Å². The summed E-state index contributed by atoms with van der Waals surface area (Å²) in [5, 5.41) is 6.00. The highest BCUT2D eigenvalue weighted by Gasteiger charge is 2.28. The normalized spacial score (nSPS) is 11.4. The number of carbonyl (C=O) groups is 1. The monoisotopic (exact) mass is 296 g/mol. The Hall–Kier alpha value is -2.55. The summed E-state index contributed by atoms with van der Waals surface area (Å²) in [4.78, 5) is 15.9. The summed E-state index contributed by atoms with van der Waals surface area (Å²) >= 11 is 0. The lowest BCUT2D eigenvalue weighted by Crippen LogP contribution is -2.41. The third kappa shape index (κ3) is 3.31. The minimum absolute atomic E-state index is 0.00604. The topological polar surface area (TPSA) is 112 Å². The van der Waals surface area contributed by atoms with E-state index in [4.69, 9.17) is 11.5 Å². The van der Waals surface area contributed by atoms with Crippen molar-refractivity contribution in [1.82, 2.24) is 20.1 Å². The Labute approximate surface area is 118 Å². The molecule has 21 heavy (non-hydrogen) atoms. The van der Waals surface area contributed by atoms with Gasteiger partial charge in [-0.1, -0.05) is 6.07 Å². The molecule has 0 atom stereocenters. The molecule has 2 aromatic heterocycles. The van der Waals surface area contributed by atoms with E-state index in [9.17, 15) is 13.6 Å². The molecule has 0 aromatic carbocycles. The van der Waals surface area contributed by atoms with E-state index >= 15 is 0 Å². The standard InChI is InChI=1S/C12H14F2N6O/c13-12(14,6-15)7-18-11(21)8-5-19-20(10(8)16)9-3-1-2-4-17-9/h1-5H,6-7,15-16H2,(H,18,21). The zero-order valence-electron chi connectivity index (χ0n) is 11.0. The fourth-order valence-corrected chi connectivity index (χ4v) is 1.57. The van der Waals surface area contributed by atoms with Gasteiger partial charge in [-0.15, -0.1) is 0 Å². The molecule has 9 heteroatoms. The molecule has 5 N–H and O–H groups in total. The van der Waals surface area contributed by atoms with E-state index in [1.54, 1.807) is 18.2 Å². The Kier molecular flexibility index (Phi) is 4.13. The number of nitrogen functional groups attached to an aromatic ring is 1. The first-order valence-electron chi connectivity index (χ1n) is 6.05. The van der Waals surface area contributed by atoms with Gasteiger partial charge in [0.05, 0.1) is 19.3 Å². The summed E-state index contributed by atoms with van der Waals surface area (Å²) < 4.78 is 27.2. The van der Waals surface area contributed by atoms with Crippen molar-refractivity contribution in [1.29, 1.82) is 0 Å². The van der Waals surface area contributed by atoms with Crippen LogP contribution < -0.4 is 16.8 Å². The van der Waals surface area contributed by atoms with E-state index in [-0.39, 0.29) is 11.4 Å². The number of carbonyl (C=O) groups excluding carboxylic acids is 1. The minimum Gasteiger partial charge on any atom is -0.383 e. The van der Waals surface area contributed by atoms with Crippen LogP contribution in [0.4, 0.5) is 14.6 Å². The van der Waals surface area contributed by atoms with Gasteiger partial charge >= 0.3 is 0 Å². The number of alkyl halides is 2. The smallest absolute Gasteiger partial charge is 0.277 e. The Morgan fingerprint density at radius 3 is 2.81 bits per heavy atom. The van der Waals surface area contributed by atoms with Gasteiger partial charge < -0.3 is 16.8 Å². The van der Waals surface area contributed by atoms with E-state index < -0.39 is 24.9 Å². The zero-order chi connectivity index (χ0) is 15.5. The zero-order valence-corrected chi connectivity index (χ0v) is 11.0. The Balaban J connectivity index is 2.15. The van der Waals surface area contributed by atoms with Crippen molar-refractivity contribution in [3.63, 3.8) is 0 Å². The molecule has 0 bridgehead atoms. The van der Waals surface area contributed by atoms with E-state index in [0.29, 0.717) is 5.82 Å². The number of rotatable bonds is 5. The molecule has 7 nitrogen and oxygen atoms in total. The third-order valence-corrected chi connectivity index (χ3v) is 2.72. The number of pyridine rings is 1. The molecule has 2 aromatic rings. The van der Waals surface area contributed by atoms with Crippen molar-refractivity contribution in [2.45, 2.75) is 5.92 Å². The Morgan fingerprint density at radius 1 is 1.43 bits per heavy atom. The average Bonchev–Trinajstić information content (AvgIpc) is 2.87. The van der Waals surface area contributed by atoms with E-state index in [0.717, 1.165) is 0 Å². The molecule has 0 aliphatic heterocycles. The lowest BCUT2D eigenvalue weighted by molar-refractivity contribution is 0.0119. The second-order valence-electron chi connectivity index (χ2n) is 4.29. The molecule has 0 radical (unpaired) electrons. The molecule has 2 rings (SSSR count).